The lowest BCUT2D eigenvalue weighted by Gasteiger charge is -2.10. The second-order valence-corrected chi connectivity index (χ2v) is 4.59. The van der Waals surface area contributed by atoms with Crippen LogP contribution in [0.2, 0.25) is 0 Å². The molecular formula is C7H15F2P. The third-order valence-corrected chi connectivity index (χ3v) is 2.08. The molecule has 0 bridgehead atoms. The molecule has 0 aromatic rings. The third kappa shape index (κ3) is 6.41. The molecule has 0 aliphatic carbocycles. The zero-order chi connectivity index (χ0) is 8.15. The van der Waals surface area contributed by atoms with Crippen molar-refractivity contribution in [2.45, 2.75) is 26.4 Å². The Labute approximate surface area is 62.9 Å². The van der Waals surface area contributed by atoms with Gasteiger partial charge in [0, 0.05) is 6.16 Å². The van der Waals surface area contributed by atoms with Crippen LogP contribution in [0.3, 0.4) is 0 Å². The predicted octanol–water partition coefficient (Wildman–Crippen LogP) is 3.37. The van der Waals surface area contributed by atoms with Crippen LogP contribution in [0.15, 0.2) is 0 Å². The molecule has 0 fully saturated rings. The van der Waals surface area contributed by atoms with Gasteiger partial charge in [-0.3, -0.25) is 0 Å². The van der Waals surface area contributed by atoms with Crippen LogP contribution < -0.4 is 0 Å². The maximum atomic E-state index is 12.7. The molecule has 10 heavy (non-hydrogen) atoms. The summed E-state index contributed by atoms with van der Waals surface area (Å²) in [4.78, 5) is 0. The Kier molecular flexibility index (Phi) is 5.15. The highest BCUT2D eigenvalue weighted by molar-refractivity contribution is 7.51. The Morgan fingerprint density at radius 1 is 1.40 bits per heavy atom. The molecule has 0 spiro atoms. The van der Waals surface area contributed by atoms with E-state index in [0.717, 1.165) is 0 Å². The normalized spacial score (nSPS) is 17.4. The summed E-state index contributed by atoms with van der Waals surface area (Å²) in [5.74, 6) is 0.338. The molecule has 0 N–H and O–H groups in total. The summed E-state index contributed by atoms with van der Waals surface area (Å²) in [5.41, 5.74) is 0. The standard InChI is InChI=1S/C7H15F2P/c1-6(2)4-7(8)5-10(3)9/h6-7H,4-5H2,1-3H3. The molecule has 0 aromatic carbocycles. The van der Waals surface area contributed by atoms with E-state index < -0.39 is 14.4 Å². The SMILES string of the molecule is CC(C)CC(F)CP(C)F. The van der Waals surface area contributed by atoms with Crippen LogP contribution in [0, 0.1) is 5.92 Å². The minimum atomic E-state index is -1.55. The second kappa shape index (κ2) is 5.01. The Bertz CT molecular complexity index is 73.7. The van der Waals surface area contributed by atoms with Crippen LogP contribution in [0.4, 0.5) is 8.59 Å². The number of halogens is 2. The Morgan fingerprint density at radius 3 is 2.20 bits per heavy atom. The van der Waals surface area contributed by atoms with Crippen molar-refractivity contribution in [3.05, 3.63) is 0 Å². The average molecular weight is 168 g/mol. The molecule has 0 saturated heterocycles. The highest BCUT2D eigenvalue weighted by Gasteiger charge is 2.12. The van der Waals surface area contributed by atoms with E-state index in [1.54, 1.807) is 0 Å². The van der Waals surface area contributed by atoms with Crippen molar-refractivity contribution in [2.24, 2.45) is 5.92 Å². The van der Waals surface area contributed by atoms with Crippen LogP contribution >= 0.6 is 8.23 Å². The van der Waals surface area contributed by atoms with Gasteiger partial charge in [0.25, 0.3) is 0 Å². The summed E-state index contributed by atoms with van der Waals surface area (Å²) in [6.07, 6.45) is -0.314. The van der Waals surface area contributed by atoms with Crippen LogP contribution in [0.5, 0.6) is 0 Å². The summed E-state index contributed by atoms with van der Waals surface area (Å²) in [6, 6.07) is 0. The molecule has 0 saturated carbocycles. The van der Waals surface area contributed by atoms with Crippen molar-refractivity contribution in [2.75, 3.05) is 12.8 Å². The highest BCUT2D eigenvalue weighted by Crippen LogP contribution is 2.34. The van der Waals surface area contributed by atoms with Gasteiger partial charge in [-0.05, 0) is 19.0 Å². The minimum absolute atomic E-state index is 0.119. The monoisotopic (exact) mass is 168 g/mol. The van der Waals surface area contributed by atoms with Gasteiger partial charge in [-0.25, -0.2) is 8.59 Å². The first kappa shape index (κ1) is 10.3. The van der Waals surface area contributed by atoms with Gasteiger partial charge >= 0.3 is 0 Å². The lowest BCUT2D eigenvalue weighted by atomic mass is 10.1. The highest BCUT2D eigenvalue weighted by atomic mass is 31.2. The topological polar surface area (TPSA) is 0 Å². The molecule has 2 unspecified atom stereocenters. The third-order valence-electron chi connectivity index (χ3n) is 1.18. The Balaban J connectivity index is 3.34. The summed E-state index contributed by atoms with van der Waals surface area (Å²) >= 11 is 0. The van der Waals surface area contributed by atoms with Crippen molar-refractivity contribution in [1.29, 1.82) is 0 Å². The van der Waals surface area contributed by atoms with Gasteiger partial charge in [0.1, 0.15) is 6.17 Å². The van der Waals surface area contributed by atoms with Crippen LogP contribution in [-0.4, -0.2) is 19.0 Å². The van der Waals surface area contributed by atoms with Gasteiger partial charge in [0.2, 0.25) is 0 Å². The van der Waals surface area contributed by atoms with E-state index in [0.29, 0.717) is 12.3 Å². The van der Waals surface area contributed by atoms with Crippen molar-refractivity contribution in [3.8, 4) is 0 Å². The smallest absolute Gasteiger partial charge is 0.107 e. The van der Waals surface area contributed by atoms with Gasteiger partial charge in [-0.2, -0.15) is 0 Å². The maximum Gasteiger partial charge on any atom is 0.107 e. The molecule has 0 heterocycles. The molecule has 2 atom stereocenters. The van der Waals surface area contributed by atoms with Gasteiger partial charge in [0.15, 0.2) is 0 Å². The van der Waals surface area contributed by atoms with E-state index in [4.69, 9.17) is 0 Å². The van der Waals surface area contributed by atoms with E-state index in [-0.39, 0.29) is 6.16 Å². The molecule has 3 heteroatoms. The lowest BCUT2D eigenvalue weighted by molar-refractivity contribution is 0.309. The van der Waals surface area contributed by atoms with Crippen molar-refractivity contribution >= 4 is 8.23 Å². The van der Waals surface area contributed by atoms with Gasteiger partial charge in [-0.1, -0.05) is 13.8 Å². The maximum absolute atomic E-state index is 12.7. The molecule has 0 aliphatic rings. The number of alkyl halides is 1. The molecule has 0 amide bonds. The molecule has 0 aromatic heterocycles. The summed E-state index contributed by atoms with van der Waals surface area (Å²) < 4.78 is 24.9. The van der Waals surface area contributed by atoms with Crippen molar-refractivity contribution in [3.63, 3.8) is 0 Å². The summed E-state index contributed by atoms with van der Waals surface area (Å²) in [7, 11) is -1.55. The largest absolute Gasteiger partial charge is 0.247 e. The van der Waals surface area contributed by atoms with Crippen molar-refractivity contribution < 1.29 is 8.59 Å². The van der Waals surface area contributed by atoms with Gasteiger partial charge < -0.3 is 0 Å². The number of rotatable bonds is 4. The minimum Gasteiger partial charge on any atom is -0.247 e. The summed E-state index contributed by atoms with van der Waals surface area (Å²) in [6.45, 7) is 5.35. The van der Waals surface area contributed by atoms with Gasteiger partial charge in [0.05, 0.1) is 8.23 Å². The van der Waals surface area contributed by atoms with E-state index >= 15 is 0 Å². The van der Waals surface area contributed by atoms with Crippen LogP contribution in [0.25, 0.3) is 0 Å². The fourth-order valence-corrected chi connectivity index (χ4v) is 1.55. The van der Waals surface area contributed by atoms with E-state index in [2.05, 4.69) is 0 Å². The molecule has 62 valence electrons. The van der Waals surface area contributed by atoms with Crippen LogP contribution in [-0.2, 0) is 0 Å². The van der Waals surface area contributed by atoms with Crippen molar-refractivity contribution in [1.82, 2.24) is 0 Å². The van der Waals surface area contributed by atoms with E-state index in [1.165, 1.54) is 6.66 Å². The van der Waals surface area contributed by atoms with Crippen LogP contribution in [0.1, 0.15) is 20.3 Å². The summed E-state index contributed by atoms with van der Waals surface area (Å²) in [5, 5.41) is 0. The van der Waals surface area contributed by atoms with E-state index in [1.807, 2.05) is 13.8 Å². The number of hydrogen-bond acceptors (Lipinski definition) is 0. The Hall–Kier alpha value is 0.290. The molecule has 0 aliphatic heterocycles. The quantitative estimate of drug-likeness (QED) is 0.564. The van der Waals surface area contributed by atoms with Gasteiger partial charge in [-0.15, -0.1) is 0 Å². The zero-order valence-corrected chi connectivity index (χ0v) is 7.67. The van der Waals surface area contributed by atoms with E-state index in [9.17, 15) is 8.59 Å². The zero-order valence-electron chi connectivity index (χ0n) is 6.77. The fraction of sp³-hybridized carbons (Fsp3) is 1.00. The second-order valence-electron chi connectivity index (χ2n) is 3.01. The first-order valence-electron chi connectivity index (χ1n) is 3.53. The molecular weight excluding hydrogens is 153 g/mol. The predicted molar refractivity (Wildman–Crippen MR) is 43.2 cm³/mol. The molecule has 0 nitrogen and oxygen atoms in total. The first-order chi connectivity index (χ1) is 4.52. The molecule has 0 radical (unpaired) electrons. The Morgan fingerprint density at radius 2 is 1.90 bits per heavy atom. The number of hydrogen-bond donors (Lipinski definition) is 0. The lowest BCUT2D eigenvalue weighted by Crippen LogP contribution is -2.07. The fourth-order valence-electron chi connectivity index (χ4n) is 0.859. The first-order valence-corrected chi connectivity index (χ1v) is 5.40. The molecule has 0 rings (SSSR count). The average Bonchev–Trinajstić information content (AvgIpc) is 1.58.